The normalized spacial score (nSPS) is 19.7. The number of pyridine rings is 1. The van der Waals surface area contributed by atoms with Gasteiger partial charge in [-0.05, 0) is 80.1 Å². The predicted octanol–water partition coefficient (Wildman–Crippen LogP) is 4.54. The number of anilines is 2. The van der Waals surface area contributed by atoms with Crippen LogP contribution in [0.2, 0.25) is 0 Å². The number of aliphatic hydroxyl groups is 1. The third-order valence-corrected chi connectivity index (χ3v) is 7.55. The number of hydrogen-bond acceptors (Lipinski definition) is 6. The van der Waals surface area contributed by atoms with E-state index in [2.05, 4.69) is 46.3 Å². The molecular weight excluding hydrogens is 443 g/mol. The van der Waals surface area contributed by atoms with Crippen LogP contribution in [0.15, 0.2) is 36.7 Å². The van der Waals surface area contributed by atoms with Crippen LogP contribution in [-0.4, -0.2) is 43.1 Å². The summed E-state index contributed by atoms with van der Waals surface area (Å²) in [6.45, 7) is 6.07. The molecule has 2 N–H and O–H groups in total. The number of halogens is 1. The number of aromatic nitrogens is 4. The zero-order chi connectivity index (χ0) is 24.3. The Hall–Kier alpha value is -3.36. The van der Waals surface area contributed by atoms with E-state index >= 15 is 0 Å². The molecule has 1 aliphatic heterocycles. The number of rotatable bonds is 4. The van der Waals surface area contributed by atoms with Crippen molar-refractivity contribution in [2.45, 2.75) is 51.7 Å². The van der Waals surface area contributed by atoms with Crippen LogP contribution in [-0.2, 0) is 25.0 Å². The average Bonchev–Trinajstić information content (AvgIpc) is 3.35. The molecule has 0 radical (unpaired) electrons. The molecule has 1 aromatic carbocycles. The Morgan fingerprint density at radius 2 is 2.03 bits per heavy atom. The highest BCUT2D eigenvalue weighted by molar-refractivity contribution is 5.79. The smallest absolute Gasteiger partial charge is 0.229 e. The van der Waals surface area contributed by atoms with Gasteiger partial charge in [0, 0.05) is 31.2 Å². The molecule has 2 aliphatic rings. The SMILES string of the molecule is CCC1(O)CCc2ccc(-n3cc(F)c4cnc(Nc5cc(C)c6c(c5)CN(C)CC6)nc43)nc21. The highest BCUT2D eigenvalue weighted by atomic mass is 19.1. The number of fused-ring (bicyclic) bond motifs is 3. The minimum Gasteiger partial charge on any atom is -0.384 e. The summed E-state index contributed by atoms with van der Waals surface area (Å²) in [6.07, 6.45) is 5.97. The second-order valence-electron chi connectivity index (χ2n) is 9.88. The highest BCUT2D eigenvalue weighted by Gasteiger charge is 2.37. The second kappa shape index (κ2) is 8.10. The summed E-state index contributed by atoms with van der Waals surface area (Å²) < 4.78 is 16.5. The van der Waals surface area contributed by atoms with Crippen LogP contribution in [0.3, 0.4) is 0 Å². The zero-order valence-corrected chi connectivity index (χ0v) is 20.3. The van der Waals surface area contributed by atoms with Gasteiger partial charge in [-0.2, -0.15) is 4.98 Å². The lowest BCUT2D eigenvalue weighted by atomic mass is 9.94. The molecule has 0 saturated carbocycles. The fourth-order valence-corrected chi connectivity index (χ4v) is 5.49. The van der Waals surface area contributed by atoms with E-state index in [-0.39, 0.29) is 0 Å². The highest BCUT2D eigenvalue weighted by Crippen LogP contribution is 2.38. The largest absolute Gasteiger partial charge is 0.384 e. The van der Waals surface area contributed by atoms with Crippen LogP contribution in [0.25, 0.3) is 16.9 Å². The summed E-state index contributed by atoms with van der Waals surface area (Å²) in [5.41, 5.74) is 6.10. The van der Waals surface area contributed by atoms with Crippen LogP contribution in [0, 0.1) is 12.7 Å². The van der Waals surface area contributed by atoms with Gasteiger partial charge in [-0.25, -0.2) is 14.4 Å². The molecule has 0 amide bonds. The fraction of sp³-hybridized carbons (Fsp3) is 0.370. The molecule has 6 rings (SSSR count). The molecule has 0 bridgehead atoms. The fourth-order valence-electron chi connectivity index (χ4n) is 5.49. The molecule has 1 atom stereocenters. The van der Waals surface area contributed by atoms with Crippen molar-refractivity contribution in [2.24, 2.45) is 0 Å². The Kier molecular flexibility index (Phi) is 5.12. The van der Waals surface area contributed by atoms with Gasteiger partial charge in [-0.1, -0.05) is 13.0 Å². The van der Waals surface area contributed by atoms with Crippen molar-refractivity contribution < 1.29 is 9.50 Å². The molecule has 0 fully saturated rings. The molecule has 35 heavy (non-hydrogen) atoms. The van der Waals surface area contributed by atoms with E-state index in [9.17, 15) is 9.50 Å². The Labute approximate surface area is 203 Å². The molecule has 0 spiro atoms. The van der Waals surface area contributed by atoms with E-state index in [1.807, 2.05) is 19.1 Å². The quantitative estimate of drug-likeness (QED) is 0.454. The van der Waals surface area contributed by atoms with Gasteiger partial charge in [0.2, 0.25) is 5.95 Å². The van der Waals surface area contributed by atoms with Crippen LogP contribution in [0.1, 0.15) is 47.7 Å². The molecular formula is C27H29FN6O. The van der Waals surface area contributed by atoms with Crippen molar-refractivity contribution in [3.05, 3.63) is 70.4 Å². The van der Waals surface area contributed by atoms with Gasteiger partial charge in [0.05, 0.1) is 11.1 Å². The first-order chi connectivity index (χ1) is 16.8. The van der Waals surface area contributed by atoms with Crippen LogP contribution < -0.4 is 5.32 Å². The van der Waals surface area contributed by atoms with E-state index in [4.69, 9.17) is 4.98 Å². The topological polar surface area (TPSA) is 79.1 Å². The molecule has 8 heteroatoms. The van der Waals surface area contributed by atoms with Gasteiger partial charge >= 0.3 is 0 Å². The summed E-state index contributed by atoms with van der Waals surface area (Å²) in [5, 5.41) is 14.6. The first kappa shape index (κ1) is 22.1. The molecule has 7 nitrogen and oxygen atoms in total. The molecule has 1 unspecified atom stereocenters. The minimum atomic E-state index is -0.938. The van der Waals surface area contributed by atoms with Crippen molar-refractivity contribution in [1.82, 2.24) is 24.4 Å². The molecule has 0 saturated heterocycles. The maximum Gasteiger partial charge on any atom is 0.229 e. The number of aryl methyl sites for hydroxylation is 2. The Bertz CT molecular complexity index is 1460. The Balaban J connectivity index is 1.39. The first-order valence-electron chi connectivity index (χ1n) is 12.2. The zero-order valence-electron chi connectivity index (χ0n) is 20.3. The third-order valence-electron chi connectivity index (χ3n) is 7.55. The van der Waals surface area contributed by atoms with E-state index in [0.29, 0.717) is 41.3 Å². The summed E-state index contributed by atoms with van der Waals surface area (Å²) in [4.78, 5) is 16.1. The standard InChI is InChI=1S/C27H29FN6O/c1-4-27(35)9-7-17-5-6-23(31-24(17)27)34-15-22(28)21-13-29-26(32-25(21)34)30-19-11-16(2)20-8-10-33(3)14-18(20)12-19/h5-6,11-13,15,35H,4,7-10,14H2,1-3H3,(H,29,30,32). The van der Waals surface area contributed by atoms with Crippen LogP contribution in [0.4, 0.5) is 16.0 Å². The first-order valence-corrected chi connectivity index (χ1v) is 12.2. The molecule has 3 aromatic heterocycles. The summed E-state index contributed by atoms with van der Waals surface area (Å²) in [5.74, 6) is 0.516. The van der Waals surface area contributed by atoms with Gasteiger partial charge in [0.15, 0.2) is 11.5 Å². The third kappa shape index (κ3) is 3.68. The van der Waals surface area contributed by atoms with Gasteiger partial charge in [-0.3, -0.25) is 4.57 Å². The maximum atomic E-state index is 14.8. The maximum absolute atomic E-state index is 14.8. The number of hydrogen-bond donors (Lipinski definition) is 2. The van der Waals surface area contributed by atoms with E-state index < -0.39 is 11.4 Å². The van der Waals surface area contributed by atoms with Crippen molar-refractivity contribution in [3.63, 3.8) is 0 Å². The lowest BCUT2D eigenvalue weighted by Crippen LogP contribution is -2.27. The predicted molar refractivity (Wildman–Crippen MR) is 134 cm³/mol. The molecule has 1 aliphatic carbocycles. The molecule has 4 heterocycles. The van der Waals surface area contributed by atoms with Crippen molar-refractivity contribution in [2.75, 3.05) is 18.9 Å². The minimum absolute atomic E-state index is 0.326. The van der Waals surface area contributed by atoms with Crippen molar-refractivity contribution in [1.29, 1.82) is 0 Å². The summed E-state index contributed by atoms with van der Waals surface area (Å²) >= 11 is 0. The number of benzene rings is 1. The lowest BCUT2D eigenvalue weighted by molar-refractivity contribution is 0.0306. The number of likely N-dealkylation sites (N-methyl/N-ethyl adjacent to an activating group) is 1. The monoisotopic (exact) mass is 472 g/mol. The number of nitrogens with zero attached hydrogens (tertiary/aromatic N) is 5. The number of nitrogens with one attached hydrogen (secondary N) is 1. The summed E-state index contributed by atoms with van der Waals surface area (Å²) in [7, 11) is 2.13. The van der Waals surface area contributed by atoms with Gasteiger partial charge < -0.3 is 15.3 Å². The van der Waals surface area contributed by atoms with E-state index in [1.54, 1.807) is 4.57 Å². The molecule has 180 valence electrons. The van der Waals surface area contributed by atoms with Crippen molar-refractivity contribution >= 4 is 22.7 Å². The Morgan fingerprint density at radius 1 is 1.17 bits per heavy atom. The summed E-state index contributed by atoms with van der Waals surface area (Å²) in [6, 6.07) is 8.10. The van der Waals surface area contributed by atoms with E-state index in [0.717, 1.165) is 37.2 Å². The van der Waals surface area contributed by atoms with Crippen LogP contribution >= 0.6 is 0 Å². The Morgan fingerprint density at radius 3 is 2.86 bits per heavy atom. The van der Waals surface area contributed by atoms with Gasteiger partial charge in [0.25, 0.3) is 0 Å². The van der Waals surface area contributed by atoms with Crippen LogP contribution in [0.5, 0.6) is 0 Å². The second-order valence-corrected chi connectivity index (χ2v) is 9.88. The van der Waals surface area contributed by atoms with E-state index in [1.165, 1.54) is 29.1 Å². The molecule has 4 aromatic rings. The van der Waals surface area contributed by atoms with Gasteiger partial charge in [0.1, 0.15) is 11.4 Å². The van der Waals surface area contributed by atoms with Gasteiger partial charge in [-0.15, -0.1) is 0 Å². The van der Waals surface area contributed by atoms with Crippen molar-refractivity contribution in [3.8, 4) is 5.82 Å². The average molecular weight is 473 g/mol. The lowest BCUT2D eigenvalue weighted by Gasteiger charge is -2.27.